The summed E-state index contributed by atoms with van der Waals surface area (Å²) in [4.78, 5) is 11.9. The van der Waals surface area contributed by atoms with E-state index in [0.717, 1.165) is 36.0 Å². The summed E-state index contributed by atoms with van der Waals surface area (Å²) in [6.07, 6.45) is 2.43. The molecular weight excluding hydrogens is 607 g/mol. The summed E-state index contributed by atoms with van der Waals surface area (Å²) >= 11 is 0. The van der Waals surface area contributed by atoms with Crippen molar-refractivity contribution < 1.29 is 69.8 Å². The van der Waals surface area contributed by atoms with Crippen LogP contribution in [0.2, 0.25) is 0 Å². The Kier molecular flexibility index (Phi) is 11.1. The molecule has 0 radical (unpaired) electrons. The second-order valence-electron chi connectivity index (χ2n) is 10.9. The van der Waals surface area contributed by atoms with E-state index in [1.807, 2.05) is 39.0 Å². The van der Waals surface area contributed by atoms with E-state index >= 15 is 0 Å². The van der Waals surface area contributed by atoms with Crippen LogP contribution in [0.3, 0.4) is 0 Å². The Bertz CT molecular complexity index is 1750. The number of anilines is 2. The van der Waals surface area contributed by atoms with Crippen molar-refractivity contribution in [1.82, 2.24) is 0 Å². The molecular formula is C29H33N2NaO9S2. The van der Waals surface area contributed by atoms with Gasteiger partial charge in [-0.25, -0.2) is 21.3 Å². The number of nitrogens with zero attached hydrogens (tertiary/aromatic N) is 1. The second-order valence-corrected chi connectivity index (χ2v) is 13.6. The molecule has 43 heavy (non-hydrogen) atoms. The fourth-order valence-electron chi connectivity index (χ4n) is 5.21. The first kappa shape index (κ1) is 35.0. The third-order valence-corrected chi connectivity index (χ3v) is 9.12. The molecule has 1 aromatic heterocycles. The molecule has 0 unspecified atom stereocenters. The number of nitrogens with one attached hydrogen (secondary N) is 1. The Hall–Kier alpha value is -2.52. The second kappa shape index (κ2) is 13.6. The zero-order valence-corrected chi connectivity index (χ0v) is 28.2. The normalized spacial score (nSPS) is 14.6. The summed E-state index contributed by atoms with van der Waals surface area (Å²) in [6, 6.07) is 12.3. The maximum Gasteiger partial charge on any atom is 1.00 e. The standard InChI is InChI=1S/C29H34N2O9S2.Na/c1-4-31(15-7-5-6-8-26(32)33)21-12-9-19-16-23-27(40-25(19)17-21)28(42(37,38)39)24(18-29(23,2)3)30-20-10-13-22(14-11-20)41(34,35)36;/h9-14,16-17,30H,4-8,15,18H2,1-3H3,(H2-,32,33,34,35,36,37,38,39);/q;+1/p-1. The molecule has 1 aliphatic rings. The first-order valence-corrected chi connectivity index (χ1v) is 16.3. The number of carboxylic acid groups (broad SMARTS) is 1. The number of carboxylic acids is 1. The van der Waals surface area contributed by atoms with Crippen LogP contribution in [0.4, 0.5) is 11.4 Å². The Morgan fingerprint density at radius 2 is 1.67 bits per heavy atom. The van der Waals surface area contributed by atoms with Crippen LogP contribution < -0.4 is 39.8 Å². The van der Waals surface area contributed by atoms with Crippen molar-refractivity contribution in [3.05, 3.63) is 65.6 Å². The number of aliphatic carboxylic acids is 1. The molecule has 14 heteroatoms. The smallest absolute Gasteiger partial charge is 0.744 e. The average molecular weight is 641 g/mol. The number of unbranched alkanes of at least 4 members (excludes halogenated alkanes) is 2. The van der Waals surface area contributed by atoms with Gasteiger partial charge in [0.05, 0.1) is 21.9 Å². The Morgan fingerprint density at radius 3 is 2.26 bits per heavy atom. The molecule has 1 heterocycles. The van der Waals surface area contributed by atoms with Gasteiger partial charge < -0.3 is 24.4 Å². The van der Waals surface area contributed by atoms with Crippen molar-refractivity contribution in [3.8, 4) is 0 Å². The largest absolute Gasteiger partial charge is 1.00 e. The molecule has 2 aromatic carbocycles. The quantitative estimate of drug-likeness (QED) is 0.128. The number of rotatable bonds is 12. The fraction of sp³-hybridized carbons (Fsp3) is 0.379. The predicted octanol–water partition coefficient (Wildman–Crippen LogP) is 2.10. The van der Waals surface area contributed by atoms with E-state index in [2.05, 4.69) is 10.2 Å². The number of carbonyl (C=O) groups is 1. The van der Waals surface area contributed by atoms with Crippen LogP contribution in [0, 0.1) is 0 Å². The molecule has 11 nitrogen and oxygen atoms in total. The summed E-state index contributed by atoms with van der Waals surface area (Å²) in [5.41, 5.74) is 1.52. The van der Waals surface area contributed by atoms with E-state index in [-0.39, 0.29) is 53.9 Å². The first-order chi connectivity index (χ1) is 19.6. The molecule has 0 bridgehead atoms. The van der Waals surface area contributed by atoms with Gasteiger partial charge in [-0.05, 0) is 68.7 Å². The Balaban J connectivity index is 0.00000506. The van der Waals surface area contributed by atoms with E-state index in [1.54, 1.807) is 6.07 Å². The average Bonchev–Trinajstić information content (AvgIpc) is 2.88. The number of fused-ring (bicyclic) bond motifs is 2. The molecule has 3 aromatic rings. The predicted molar refractivity (Wildman–Crippen MR) is 157 cm³/mol. The Labute approximate surface area is 273 Å². The van der Waals surface area contributed by atoms with Crippen molar-refractivity contribution in [2.75, 3.05) is 23.3 Å². The van der Waals surface area contributed by atoms with Gasteiger partial charge in [0.2, 0.25) is 0 Å². The zero-order chi connectivity index (χ0) is 30.9. The van der Waals surface area contributed by atoms with Gasteiger partial charge in [0.25, 0.3) is 0 Å². The van der Waals surface area contributed by atoms with Gasteiger partial charge in [-0.1, -0.05) is 20.3 Å². The summed E-state index contributed by atoms with van der Waals surface area (Å²) < 4.78 is 78.0. The van der Waals surface area contributed by atoms with Crippen molar-refractivity contribution in [2.24, 2.45) is 0 Å². The van der Waals surface area contributed by atoms with Crippen LogP contribution in [-0.4, -0.2) is 50.1 Å². The molecule has 0 spiro atoms. The maximum absolute atomic E-state index is 12.6. The van der Waals surface area contributed by atoms with Crippen LogP contribution in [0.5, 0.6) is 0 Å². The van der Waals surface area contributed by atoms with E-state index in [4.69, 9.17) is 9.52 Å². The van der Waals surface area contributed by atoms with Crippen molar-refractivity contribution >= 4 is 53.5 Å². The molecule has 2 N–H and O–H groups in total. The summed E-state index contributed by atoms with van der Waals surface area (Å²) in [5.74, 6) is -0.881. The van der Waals surface area contributed by atoms with E-state index < -0.39 is 41.4 Å². The molecule has 226 valence electrons. The molecule has 0 amide bonds. The van der Waals surface area contributed by atoms with Gasteiger partial charge in [-0.3, -0.25) is 4.79 Å². The van der Waals surface area contributed by atoms with Crippen LogP contribution in [-0.2, 0) is 30.4 Å². The van der Waals surface area contributed by atoms with Crippen molar-refractivity contribution in [2.45, 2.75) is 63.2 Å². The molecule has 1 aliphatic carbocycles. The first-order valence-electron chi connectivity index (χ1n) is 13.5. The number of allylic oxidation sites excluding steroid dienone is 1. The molecule has 4 rings (SSSR count). The van der Waals surface area contributed by atoms with Gasteiger partial charge in [0.15, 0.2) is 4.91 Å². The number of benzene rings is 2. The molecule has 0 saturated carbocycles. The van der Waals surface area contributed by atoms with E-state index in [9.17, 15) is 30.7 Å². The number of hydrogen-bond donors (Lipinski definition) is 2. The minimum Gasteiger partial charge on any atom is -0.744 e. The molecule has 0 aliphatic heterocycles. The van der Waals surface area contributed by atoms with Crippen LogP contribution in [0.1, 0.15) is 64.2 Å². The molecule has 0 atom stereocenters. The summed E-state index contributed by atoms with van der Waals surface area (Å²) in [7, 11) is -9.70. The monoisotopic (exact) mass is 640 g/mol. The maximum atomic E-state index is 12.6. The molecule has 0 saturated heterocycles. The zero-order valence-electron chi connectivity index (χ0n) is 24.5. The van der Waals surface area contributed by atoms with Crippen LogP contribution >= 0.6 is 0 Å². The van der Waals surface area contributed by atoms with Crippen LogP contribution in [0.25, 0.3) is 15.9 Å². The minimum atomic E-state index is -5.04. The van der Waals surface area contributed by atoms with Crippen molar-refractivity contribution in [3.63, 3.8) is 0 Å². The van der Waals surface area contributed by atoms with Gasteiger partial charge in [0.1, 0.15) is 20.2 Å². The Morgan fingerprint density at radius 1 is 1.00 bits per heavy atom. The number of hydrogen-bond acceptors (Lipinski definition) is 9. The summed E-state index contributed by atoms with van der Waals surface area (Å²) in [5, 5.41) is 12.5. The molecule has 0 fully saturated rings. The van der Waals surface area contributed by atoms with Gasteiger partial charge in [0, 0.05) is 42.0 Å². The van der Waals surface area contributed by atoms with Crippen LogP contribution in [0.15, 0.2) is 63.5 Å². The van der Waals surface area contributed by atoms with Gasteiger partial charge >= 0.3 is 46.9 Å². The topological polar surface area (TPSA) is 178 Å². The third kappa shape index (κ3) is 8.35. The SMILES string of the molecule is CCN(CCCCCC(=O)O)c1ccc2cc3c([o+]c2c1)C(S(=O)(=O)[O-])=C(Nc1ccc(S(=O)(=O)[O-])cc1)CC3(C)C.[Na+]. The minimum absolute atomic E-state index is 0. The summed E-state index contributed by atoms with van der Waals surface area (Å²) in [6.45, 7) is 7.17. The van der Waals surface area contributed by atoms with Gasteiger partial charge in [-0.2, -0.15) is 0 Å². The van der Waals surface area contributed by atoms with E-state index in [0.29, 0.717) is 36.3 Å². The van der Waals surface area contributed by atoms with E-state index in [1.165, 1.54) is 12.1 Å². The fourth-order valence-corrected chi connectivity index (χ4v) is 6.48. The third-order valence-electron chi connectivity index (χ3n) is 7.34. The van der Waals surface area contributed by atoms with Crippen molar-refractivity contribution in [1.29, 1.82) is 0 Å². The van der Waals surface area contributed by atoms with Gasteiger partial charge in [-0.15, -0.1) is 0 Å².